The number of carbonyl (C=O) groups excluding carboxylic acids is 1. The molecule has 150 valence electrons. The zero-order valence-electron chi connectivity index (χ0n) is 15.7. The summed E-state index contributed by atoms with van der Waals surface area (Å²) in [5, 5.41) is 3.10. The second-order valence-electron chi connectivity index (χ2n) is 7.13. The van der Waals surface area contributed by atoms with E-state index in [2.05, 4.69) is 37.9 Å². The molecule has 3 aromatic rings. The summed E-state index contributed by atoms with van der Waals surface area (Å²) in [4.78, 5) is 20.9. The Bertz CT molecular complexity index is 1050. The molecule has 0 radical (unpaired) electrons. The molecule has 0 saturated heterocycles. The van der Waals surface area contributed by atoms with E-state index in [1.165, 1.54) is 18.7 Å². The summed E-state index contributed by atoms with van der Waals surface area (Å²) in [5.74, 6) is 0.559. The topological polar surface area (TPSA) is 77.2 Å². The monoisotopic (exact) mass is 507 g/mol. The fourth-order valence-electron chi connectivity index (χ4n) is 3.28. The number of methoxy groups -OCH3 is 1. The summed E-state index contributed by atoms with van der Waals surface area (Å²) in [5.41, 5.74) is 1.55. The van der Waals surface area contributed by atoms with Crippen LogP contribution in [0.5, 0.6) is 5.75 Å². The number of ether oxygens (including phenoxy) is 1. The Hall–Kier alpha value is -2.49. The number of aryl methyl sites for hydroxylation is 1. The van der Waals surface area contributed by atoms with Crippen LogP contribution >= 0.6 is 22.6 Å². The van der Waals surface area contributed by atoms with Crippen molar-refractivity contribution in [3.05, 3.63) is 63.7 Å². The third-order valence-electron chi connectivity index (χ3n) is 5.08. The lowest BCUT2D eigenvalue weighted by atomic mass is 10.0. The van der Waals surface area contributed by atoms with Gasteiger partial charge in [0.15, 0.2) is 17.8 Å². The number of benzene rings is 1. The number of halogens is 2. The number of aromatic nitrogens is 2. The van der Waals surface area contributed by atoms with Crippen molar-refractivity contribution in [2.24, 2.45) is 0 Å². The van der Waals surface area contributed by atoms with Crippen LogP contribution in [0, 0.1) is 9.39 Å². The van der Waals surface area contributed by atoms with E-state index in [-0.39, 0.29) is 23.0 Å². The van der Waals surface area contributed by atoms with Crippen molar-refractivity contribution in [2.45, 2.75) is 31.2 Å². The number of oxazole rings is 1. The number of nitrogens with one attached hydrogen (secondary N) is 1. The van der Waals surface area contributed by atoms with Crippen molar-refractivity contribution < 1.29 is 18.3 Å². The number of rotatable bonds is 7. The number of hydrogen-bond acceptors (Lipinski definition) is 5. The first-order valence-corrected chi connectivity index (χ1v) is 10.3. The highest BCUT2D eigenvalue weighted by molar-refractivity contribution is 14.1. The molecule has 6 nitrogen and oxygen atoms in total. The van der Waals surface area contributed by atoms with Crippen LogP contribution in [0.1, 0.15) is 35.3 Å². The summed E-state index contributed by atoms with van der Waals surface area (Å²) in [6.07, 6.45) is 7.25. The lowest BCUT2D eigenvalue weighted by Gasteiger charge is -2.17. The Morgan fingerprint density at radius 2 is 2.17 bits per heavy atom. The van der Waals surface area contributed by atoms with Gasteiger partial charge in [0.1, 0.15) is 11.6 Å². The van der Waals surface area contributed by atoms with Crippen molar-refractivity contribution >= 4 is 28.5 Å². The molecule has 1 aliphatic carbocycles. The van der Waals surface area contributed by atoms with Gasteiger partial charge in [-0.1, -0.05) is 0 Å². The van der Waals surface area contributed by atoms with E-state index < -0.39 is 0 Å². The number of pyridine rings is 1. The average Bonchev–Trinajstić information content (AvgIpc) is 3.28. The summed E-state index contributed by atoms with van der Waals surface area (Å²) in [6.45, 7) is 0. The highest BCUT2D eigenvalue weighted by atomic mass is 127. The molecular formula is C21H19FIN3O3. The minimum Gasteiger partial charge on any atom is -0.496 e. The molecule has 1 fully saturated rings. The predicted molar refractivity (Wildman–Crippen MR) is 113 cm³/mol. The molecule has 1 aliphatic rings. The SMILES string of the molecule is COc1ccc(-c2ocnc2C(=O)NC2(CCc3cncc(F)c3)CC2)cc1I. The maximum atomic E-state index is 13.3. The van der Waals surface area contributed by atoms with Crippen molar-refractivity contribution in [1.29, 1.82) is 0 Å². The average molecular weight is 507 g/mol. The van der Waals surface area contributed by atoms with Crippen molar-refractivity contribution in [1.82, 2.24) is 15.3 Å². The second kappa shape index (κ2) is 8.10. The highest BCUT2D eigenvalue weighted by Gasteiger charge is 2.44. The van der Waals surface area contributed by atoms with Gasteiger partial charge in [-0.2, -0.15) is 0 Å². The zero-order chi connectivity index (χ0) is 20.4. The Balaban J connectivity index is 1.47. The quantitative estimate of drug-likeness (QED) is 0.481. The van der Waals surface area contributed by atoms with Gasteiger partial charge in [-0.15, -0.1) is 0 Å². The van der Waals surface area contributed by atoms with Gasteiger partial charge in [-0.25, -0.2) is 9.37 Å². The van der Waals surface area contributed by atoms with E-state index in [1.807, 2.05) is 18.2 Å². The van der Waals surface area contributed by atoms with E-state index >= 15 is 0 Å². The van der Waals surface area contributed by atoms with Crippen LogP contribution in [0.3, 0.4) is 0 Å². The Kier molecular flexibility index (Phi) is 5.53. The second-order valence-corrected chi connectivity index (χ2v) is 8.29. The van der Waals surface area contributed by atoms with E-state index in [0.717, 1.165) is 39.7 Å². The van der Waals surface area contributed by atoms with Crippen LogP contribution in [-0.2, 0) is 6.42 Å². The van der Waals surface area contributed by atoms with Gasteiger partial charge in [-0.3, -0.25) is 9.78 Å². The number of carbonyl (C=O) groups is 1. The molecule has 1 N–H and O–H groups in total. The van der Waals surface area contributed by atoms with Gasteiger partial charge in [0.25, 0.3) is 5.91 Å². The van der Waals surface area contributed by atoms with Gasteiger partial charge in [-0.05, 0) is 78.1 Å². The van der Waals surface area contributed by atoms with Crippen molar-refractivity contribution in [3.63, 3.8) is 0 Å². The van der Waals surface area contributed by atoms with Gasteiger partial charge >= 0.3 is 0 Å². The third-order valence-corrected chi connectivity index (χ3v) is 5.93. The highest BCUT2D eigenvalue weighted by Crippen LogP contribution is 2.40. The molecule has 1 aromatic carbocycles. The molecule has 0 aliphatic heterocycles. The van der Waals surface area contributed by atoms with Gasteiger partial charge in [0.05, 0.1) is 16.9 Å². The number of amides is 1. The van der Waals surface area contributed by atoms with Gasteiger partial charge in [0.2, 0.25) is 0 Å². The van der Waals surface area contributed by atoms with Crippen LogP contribution in [0.15, 0.2) is 47.5 Å². The molecule has 0 unspecified atom stereocenters. The number of hydrogen-bond donors (Lipinski definition) is 1. The Labute approximate surface area is 181 Å². The molecule has 2 aromatic heterocycles. The first kappa shape index (κ1) is 19.8. The van der Waals surface area contributed by atoms with Crippen LogP contribution in [-0.4, -0.2) is 28.5 Å². The van der Waals surface area contributed by atoms with Crippen molar-refractivity contribution in [2.75, 3.05) is 7.11 Å². The molecule has 0 bridgehead atoms. The van der Waals surface area contributed by atoms with Crippen LogP contribution < -0.4 is 10.1 Å². The maximum absolute atomic E-state index is 13.3. The molecule has 4 rings (SSSR count). The van der Waals surface area contributed by atoms with Crippen LogP contribution in [0.4, 0.5) is 4.39 Å². The summed E-state index contributed by atoms with van der Waals surface area (Å²) >= 11 is 2.17. The molecular weight excluding hydrogens is 488 g/mol. The maximum Gasteiger partial charge on any atom is 0.274 e. The first-order valence-electron chi connectivity index (χ1n) is 9.19. The lowest BCUT2D eigenvalue weighted by Crippen LogP contribution is -2.37. The molecule has 1 amide bonds. The van der Waals surface area contributed by atoms with E-state index in [1.54, 1.807) is 13.3 Å². The number of nitrogens with zero attached hydrogens (tertiary/aromatic N) is 2. The molecule has 2 heterocycles. The largest absolute Gasteiger partial charge is 0.496 e. The molecule has 29 heavy (non-hydrogen) atoms. The predicted octanol–water partition coefficient (Wildman–Crippen LogP) is 4.38. The smallest absolute Gasteiger partial charge is 0.274 e. The lowest BCUT2D eigenvalue weighted by molar-refractivity contribution is 0.0925. The van der Waals surface area contributed by atoms with E-state index in [0.29, 0.717) is 12.2 Å². The van der Waals surface area contributed by atoms with Crippen LogP contribution in [0.2, 0.25) is 0 Å². The van der Waals surface area contributed by atoms with Crippen molar-refractivity contribution in [3.8, 4) is 17.1 Å². The van der Waals surface area contributed by atoms with E-state index in [9.17, 15) is 9.18 Å². The molecule has 0 atom stereocenters. The summed E-state index contributed by atoms with van der Waals surface area (Å²) in [7, 11) is 1.61. The van der Waals surface area contributed by atoms with E-state index in [4.69, 9.17) is 9.15 Å². The summed E-state index contributed by atoms with van der Waals surface area (Å²) in [6, 6.07) is 7.03. The fraction of sp³-hybridized carbons (Fsp3) is 0.286. The van der Waals surface area contributed by atoms with Crippen LogP contribution in [0.25, 0.3) is 11.3 Å². The molecule has 1 saturated carbocycles. The van der Waals surface area contributed by atoms with Gasteiger partial charge in [0, 0.05) is 17.3 Å². The Morgan fingerprint density at radius 1 is 1.34 bits per heavy atom. The normalized spacial score (nSPS) is 14.4. The molecule has 0 spiro atoms. The van der Waals surface area contributed by atoms with Gasteiger partial charge < -0.3 is 14.5 Å². The third kappa shape index (κ3) is 4.42. The zero-order valence-corrected chi connectivity index (χ0v) is 17.9. The summed E-state index contributed by atoms with van der Waals surface area (Å²) < 4.78 is 25.0. The standard InChI is InChI=1S/C21H19FIN3O3/c1-28-17-3-2-14(9-16(17)23)19-18(25-12-29-19)20(27)26-21(6-7-21)5-4-13-8-15(22)11-24-10-13/h2-3,8-12H,4-7H2,1H3,(H,26,27). The molecule has 8 heteroatoms. The first-order chi connectivity index (χ1) is 14.0. The Morgan fingerprint density at radius 3 is 2.86 bits per heavy atom. The minimum absolute atomic E-state index is 0.254. The minimum atomic E-state index is -0.349. The fourth-order valence-corrected chi connectivity index (χ4v) is 4.02.